The Bertz CT molecular complexity index is 951. The van der Waals surface area contributed by atoms with E-state index in [1.54, 1.807) is 10.7 Å². The Morgan fingerprint density at radius 2 is 2.04 bits per heavy atom. The van der Waals surface area contributed by atoms with E-state index in [9.17, 15) is 4.79 Å². The lowest BCUT2D eigenvalue weighted by atomic mass is 10.1. The van der Waals surface area contributed by atoms with Gasteiger partial charge in [0.05, 0.1) is 11.4 Å². The molecular formula is C20H24N6O. The Balaban J connectivity index is 1.46. The molecule has 4 rings (SSSR count). The zero-order valence-corrected chi connectivity index (χ0v) is 15.7. The minimum absolute atomic E-state index is 0.161. The topological polar surface area (TPSA) is 78.8 Å². The van der Waals surface area contributed by atoms with Gasteiger partial charge in [0.25, 0.3) is 5.91 Å². The number of nitrogens with zero attached hydrogens (tertiary/aromatic N) is 4. The molecule has 0 saturated carbocycles. The number of rotatable bonds is 5. The minimum atomic E-state index is -0.161. The van der Waals surface area contributed by atoms with Crippen molar-refractivity contribution in [3.8, 4) is 11.3 Å². The first-order valence-electron chi connectivity index (χ1n) is 9.29. The van der Waals surface area contributed by atoms with Crippen LogP contribution in [0.15, 0.2) is 36.5 Å². The molecule has 7 heteroatoms. The van der Waals surface area contributed by atoms with Crippen molar-refractivity contribution >= 4 is 11.6 Å². The number of carbonyl (C=O) groups excluding carboxylic acids is 1. The van der Waals surface area contributed by atoms with E-state index < -0.39 is 0 Å². The van der Waals surface area contributed by atoms with E-state index in [1.165, 1.54) is 18.5 Å². The molecule has 3 aromatic rings. The Morgan fingerprint density at radius 3 is 2.78 bits per heavy atom. The number of amides is 1. The molecule has 2 aromatic heterocycles. The summed E-state index contributed by atoms with van der Waals surface area (Å²) in [6.07, 6.45) is 4.36. The van der Waals surface area contributed by atoms with Crippen LogP contribution in [0.5, 0.6) is 0 Å². The highest BCUT2D eigenvalue weighted by molar-refractivity contribution is 5.93. The molecular weight excluding hydrogens is 340 g/mol. The van der Waals surface area contributed by atoms with Crippen molar-refractivity contribution in [2.75, 3.05) is 18.0 Å². The standard InChI is InChI=1S/C20H24N6O/c1-14-16(13-25(2)24-14)17-11-18(23-22-17)20(27)21-12-15-7-3-4-8-19(15)26-9-5-6-10-26/h3-4,7-8,11,13H,5-6,9-10,12H2,1-2H3,(H,21,27)(H,22,23). The SMILES string of the molecule is Cc1nn(C)cc1-c1cc(C(=O)NCc2ccccc2N2CCCC2)[nH]n1. The summed E-state index contributed by atoms with van der Waals surface area (Å²) in [7, 11) is 1.87. The van der Waals surface area contributed by atoms with Crippen LogP contribution >= 0.6 is 0 Å². The van der Waals surface area contributed by atoms with Gasteiger partial charge in [-0.05, 0) is 37.5 Å². The Labute approximate surface area is 158 Å². The van der Waals surface area contributed by atoms with Crippen molar-refractivity contribution < 1.29 is 4.79 Å². The summed E-state index contributed by atoms with van der Waals surface area (Å²) < 4.78 is 1.74. The predicted molar refractivity (Wildman–Crippen MR) is 105 cm³/mol. The highest BCUT2D eigenvalue weighted by Gasteiger charge is 2.17. The smallest absolute Gasteiger partial charge is 0.269 e. The van der Waals surface area contributed by atoms with E-state index in [0.29, 0.717) is 12.2 Å². The Hall–Kier alpha value is -3.09. The van der Waals surface area contributed by atoms with Crippen molar-refractivity contribution in [2.45, 2.75) is 26.3 Å². The molecule has 0 unspecified atom stereocenters. The summed E-state index contributed by atoms with van der Waals surface area (Å²) in [6, 6.07) is 10.0. The van der Waals surface area contributed by atoms with Gasteiger partial charge in [-0.25, -0.2) is 0 Å². The van der Waals surface area contributed by atoms with Gasteiger partial charge in [0, 0.05) is 44.1 Å². The van der Waals surface area contributed by atoms with E-state index in [4.69, 9.17) is 0 Å². The lowest BCUT2D eigenvalue weighted by molar-refractivity contribution is 0.0946. The number of nitrogens with one attached hydrogen (secondary N) is 2. The highest BCUT2D eigenvalue weighted by Crippen LogP contribution is 2.24. The number of H-pyrrole nitrogens is 1. The summed E-state index contributed by atoms with van der Waals surface area (Å²) in [5, 5.41) is 14.4. The summed E-state index contributed by atoms with van der Waals surface area (Å²) in [5.74, 6) is -0.161. The maximum atomic E-state index is 12.6. The fourth-order valence-corrected chi connectivity index (χ4v) is 3.62. The van der Waals surface area contributed by atoms with E-state index in [-0.39, 0.29) is 5.91 Å². The molecule has 1 aliphatic heterocycles. The van der Waals surface area contributed by atoms with Crippen molar-refractivity contribution in [3.63, 3.8) is 0 Å². The van der Waals surface area contributed by atoms with Crippen LogP contribution in [0.3, 0.4) is 0 Å². The van der Waals surface area contributed by atoms with E-state index in [1.807, 2.05) is 26.2 Å². The molecule has 1 fully saturated rings. The molecule has 0 radical (unpaired) electrons. The number of carbonyl (C=O) groups is 1. The first kappa shape index (κ1) is 17.3. The van der Waals surface area contributed by atoms with E-state index >= 15 is 0 Å². The van der Waals surface area contributed by atoms with Gasteiger partial charge in [-0.15, -0.1) is 0 Å². The summed E-state index contributed by atoms with van der Waals surface area (Å²) in [4.78, 5) is 15.0. The fourth-order valence-electron chi connectivity index (χ4n) is 3.62. The molecule has 0 atom stereocenters. The Morgan fingerprint density at radius 1 is 1.26 bits per heavy atom. The average molecular weight is 364 g/mol. The summed E-state index contributed by atoms with van der Waals surface area (Å²) >= 11 is 0. The summed E-state index contributed by atoms with van der Waals surface area (Å²) in [5.41, 5.74) is 5.33. The molecule has 2 N–H and O–H groups in total. The van der Waals surface area contributed by atoms with Crippen LogP contribution in [0.4, 0.5) is 5.69 Å². The number of aryl methyl sites for hydroxylation is 2. The number of para-hydroxylation sites is 1. The van der Waals surface area contributed by atoms with Gasteiger partial charge in [-0.1, -0.05) is 18.2 Å². The molecule has 140 valence electrons. The molecule has 7 nitrogen and oxygen atoms in total. The third-order valence-corrected chi connectivity index (χ3v) is 4.99. The van der Waals surface area contributed by atoms with Crippen molar-refractivity contribution in [2.24, 2.45) is 7.05 Å². The quantitative estimate of drug-likeness (QED) is 0.729. The zero-order chi connectivity index (χ0) is 18.8. The molecule has 0 spiro atoms. The third-order valence-electron chi connectivity index (χ3n) is 4.99. The Kier molecular flexibility index (Phi) is 4.66. The number of aromatic amines is 1. The zero-order valence-electron chi connectivity index (χ0n) is 15.7. The molecule has 1 saturated heterocycles. The number of hydrogen-bond donors (Lipinski definition) is 2. The van der Waals surface area contributed by atoms with E-state index in [0.717, 1.165) is 35.6 Å². The largest absolute Gasteiger partial charge is 0.371 e. The third kappa shape index (κ3) is 3.58. The van der Waals surface area contributed by atoms with Crippen LogP contribution in [-0.4, -0.2) is 39.0 Å². The second-order valence-corrected chi connectivity index (χ2v) is 6.97. The second-order valence-electron chi connectivity index (χ2n) is 6.97. The van der Waals surface area contributed by atoms with Crippen LogP contribution in [0, 0.1) is 6.92 Å². The molecule has 1 amide bonds. The summed E-state index contributed by atoms with van der Waals surface area (Å²) in [6.45, 7) is 4.59. The molecule has 1 aromatic carbocycles. The fraction of sp³-hybridized carbons (Fsp3) is 0.350. The molecule has 0 bridgehead atoms. The van der Waals surface area contributed by atoms with Gasteiger partial charge in [-0.2, -0.15) is 10.2 Å². The number of benzene rings is 1. The maximum absolute atomic E-state index is 12.6. The average Bonchev–Trinajstić information content (AvgIpc) is 3.41. The van der Waals surface area contributed by atoms with Crippen LogP contribution in [0.2, 0.25) is 0 Å². The van der Waals surface area contributed by atoms with Gasteiger partial charge in [0.15, 0.2) is 0 Å². The van der Waals surface area contributed by atoms with Gasteiger partial charge < -0.3 is 10.2 Å². The number of aromatic nitrogens is 4. The second kappa shape index (κ2) is 7.26. The van der Waals surface area contributed by atoms with Crippen LogP contribution in [-0.2, 0) is 13.6 Å². The lowest BCUT2D eigenvalue weighted by Gasteiger charge is -2.21. The van der Waals surface area contributed by atoms with Gasteiger partial charge >= 0.3 is 0 Å². The lowest BCUT2D eigenvalue weighted by Crippen LogP contribution is -2.25. The molecule has 27 heavy (non-hydrogen) atoms. The number of anilines is 1. The van der Waals surface area contributed by atoms with Crippen molar-refractivity contribution in [1.29, 1.82) is 0 Å². The highest BCUT2D eigenvalue weighted by atomic mass is 16.1. The molecule has 1 aliphatic rings. The van der Waals surface area contributed by atoms with Crippen molar-refractivity contribution in [3.05, 3.63) is 53.5 Å². The maximum Gasteiger partial charge on any atom is 0.269 e. The van der Waals surface area contributed by atoms with Crippen LogP contribution in [0.1, 0.15) is 34.6 Å². The van der Waals surface area contributed by atoms with Crippen LogP contribution < -0.4 is 10.2 Å². The minimum Gasteiger partial charge on any atom is -0.371 e. The van der Waals surface area contributed by atoms with Crippen LogP contribution in [0.25, 0.3) is 11.3 Å². The first-order chi connectivity index (χ1) is 13.1. The molecule has 3 heterocycles. The number of hydrogen-bond acceptors (Lipinski definition) is 4. The van der Waals surface area contributed by atoms with Gasteiger partial charge in [0.2, 0.25) is 0 Å². The predicted octanol–water partition coefficient (Wildman–Crippen LogP) is 2.65. The van der Waals surface area contributed by atoms with Gasteiger partial charge in [0.1, 0.15) is 5.69 Å². The van der Waals surface area contributed by atoms with E-state index in [2.05, 4.69) is 43.7 Å². The van der Waals surface area contributed by atoms with Crippen molar-refractivity contribution in [1.82, 2.24) is 25.3 Å². The molecule has 0 aliphatic carbocycles. The first-order valence-corrected chi connectivity index (χ1v) is 9.29. The normalized spacial score (nSPS) is 13.9. The monoisotopic (exact) mass is 364 g/mol. The van der Waals surface area contributed by atoms with Gasteiger partial charge in [-0.3, -0.25) is 14.6 Å².